The number of carbonyl (C=O) groups excluding carboxylic acids is 3. The molecule has 0 radical (unpaired) electrons. The molecule has 0 aromatic heterocycles. The lowest BCUT2D eigenvalue weighted by Gasteiger charge is -2.18. The average molecular weight is 1100 g/mol. The summed E-state index contributed by atoms with van der Waals surface area (Å²) in [6.45, 7) is 6.46. The lowest BCUT2D eigenvalue weighted by molar-refractivity contribution is -0.167. The van der Waals surface area contributed by atoms with Crippen molar-refractivity contribution in [1.82, 2.24) is 0 Å². The van der Waals surface area contributed by atoms with Crippen LogP contribution in [-0.2, 0) is 28.6 Å². The van der Waals surface area contributed by atoms with Crippen LogP contribution < -0.4 is 0 Å². The van der Waals surface area contributed by atoms with E-state index in [1.807, 2.05) is 0 Å². The van der Waals surface area contributed by atoms with E-state index in [9.17, 15) is 14.4 Å². The molecule has 0 aliphatic rings. The SMILES string of the molecule is CC/C=C\C/C=C\C/C=C\C/C=C\C/C=C\C/C=C\C/C=C\C/C=C\CCCCC(=O)OCC(COC(=O)CCCCCCC/C=C\CCCC)OC(=O)CCCCCCCCCCCCC/C=C\CCCCCCCCCC. The third-order valence-corrected chi connectivity index (χ3v) is 13.9. The van der Waals surface area contributed by atoms with Gasteiger partial charge in [0.15, 0.2) is 6.10 Å². The first-order valence-corrected chi connectivity index (χ1v) is 33.0. The van der Waals surface area contributed by atoms with E-state index < -0.39 is 6.10 Å². The van der Waals surface area contributed by atoms with Gasteiger partial charge in [-0.3, -0.25) is 14.4 Å². The molecule has 1 unspecified atom stereocenters. The van der Waals surface area contributed by atoms with Crippen molar-refractivity contribution in [3.05, 3.63) is 122 Å². The summed E-state index contributed by atoms with van der Waals surface area (Å²) in [4.78, 5) is 38.3. The molecule has 0 N–H and O–H groups in total. The van der Waals surface area contributed by atoms with E-state index in [4.69, 9.17) is 14.2 Å². The van der Waals surface area contributed by atoms with Crippen LogP contribution in [0.3, 0.4) is 0 Å². The van der Waals surface area contributed by atoms with Gasteiger partial charge in [0.2, 0.25) is 0 Å². The van der Waals surface area contributed by atoms with Crippen molar-refractivity contribution in [2.45, 2.75) is 309 Å². The maximum Gasteiger partial charge on any atom is 0.306 e. The van der Waals surface area contributed by atoms with Crippen LogP contribution >= 0.6 is 0 Å². The Kier molecular flexibility index (Phi) is 62.8. The van der Waals surface area contributed by atoms with Gasteiger partial charge in [0.05, 0.1) is 0 Å². The first-order valence-electron chi connectivity index (χ1n) is 33.0. The molecule has 0 heterocycles. The molecule has 0 aromatic carbocycles. The second-order valence-corrected chi connectivity index (χ2v) is 21.6. The van der Waals surface area contributed by atoms with Gasteiger partial charge in [-0.25, -0.2) is 0 Å². The normalized spacial score (nSPS) is 12.9. The third kappa shape index (κ3) is 64.5. The Balaban J connectivity index is 4.37. The highest BCUT2D eigenvalue weighted by Crippen LogP contribution is 2.16. The summed E-state index contributed by atoms with van der Waals surface area (Å²) in [7, 11) is 0. The monoisotopic (exact) mass is 1090 g/mol. The van der Waals surface area contributed by atoms with Gasteiger partial charge in [-0.1, -0.05) is 277 Å². The van der Waals surface area contributed by atoms with Crippen LogP contribution in [0.15, 0.2) is 122 Å². The maximum absolute atomic E-state index is 12.9. The summed E-state index contributed by atoms with van der Waals surface area (Å²) < 4.78 is 16.9. The van der Waals surface area contributed by atoms with Crippen molar-refractivity contribution in [3.63, 3.8) is 0 Å². The Hall–Kier alpha value is -4.19. The minimum absolute atomic E-state index is 0.0979. The minimum Gasteiger partial charge on any atom is -0.462 e. The van der Waals surface area contributed by atoms with Gasteiger partial charge in [0, 0.05) is 19.3 Å². The second kappa shape index (κ2) is 66.3. The standard InChI is InChI=1S/C73H122O6/c1-4-7-10-13-16-19-22-24-26-28-30-32-34-35-36-37-39-40-42-44-46-48-51-54-57-60-63-66-72(75)78-69-70(68-77-71(74)65-62-59-56-53-50-21-18-15-12-9-6-3)79-73(76)67-64-61-58-55-52-49-47-45-43-41-38-33-31-29-27-25-23-20-17-14-11-8-5-2/h7,10,15-16,18-19,24,26,29-32,35-36,39-40,44,46,51,54,70H,4-6,8-9,11-14,17,20-23,25,27-28,33-34,37-38,41-43,45,47-50,52-53,55-69H2,1-3H3/b10-7-,18-15-,19-16-,26-24-,31-29-,32-30-,36-35-,40-39-,46-44-,54-51-. The molecule has 6 nitrogen and oxygen atoms in total. The van der Waals surface area contributed by atoms with Gasteiger partial charge in [0.25, 0.3) is 0 Å². The lowest BCUT2D eigenvalue weighted by Crippen LogP contribution is -2.30. The molecular weight excluding hydrogens is 973 g/mol. The Labute approximate surface area is 488 Å². The van der Waals surface area contributed by atoms with Gasteiger partial charge in [0.1, 0.15) is 13.2 Å². The molecule has 1 atom stereocenters. The molecule has 6 heteroatoms. The van der Waals surface area contributed by atoms with Crippen LogP contribution in [0, 0.1) is 0 Å². The van der Waals surface area contributed by atoms with E-state index in [0.29, 0.717) is 25.7 Å². The van der Waals surface area contributed by atoms with Crippen LogP contribution in [-0.4, -0.2) is 37.2 Å². The third-order valence-electron chi connectivity index (χ3n) is 13.9. The minimum atomic E-state index is -0.804. The van der Waals surface area contributed by atoms with E-state index in [2.05, 4.69) is 142 Å². The number of esters is 3. The molecule has 79 heavy (non-hydrogen) atoms. The first kappa shape index (κ1) is 74.8. The average Bonchev–Trinajstić information content (AvgIpc) is 3.45. The predicted molar refractivity (Wildman–Crippen MR) is 343 cm³/mol. The molecule has 0 aromatic rings. The lowest BCUT2D eigenvalue weighted by atomic mass is 10.0. The fourth-order valence-corrected chi connectivity index (χ4v) is 8.96. The van der Waals surface area contributed by atoms with Crippen molar-refractivity contribution < 1.29 is 28.6 Å². The number of hydrogen-bond acceptors (Lipinski definition) is 6. The topological polar surface area (TPSA) is 78.9 Å². The van der Waals surface area contributed by atoms with Crippen molar-refractivity contribution in [2.24, 2.45) is 0 Å². The van der Waals surface area contributed by atoms with Crippen molar-refractivity contribution >= 4 is 17.9 Å². The molecule has 0 saturated heterocycles. The zero-order valence-corrected chi connectivity index (χ0v) is 51.6. The number of unbranched alkanes of at least 4 members (excludes halogenated alkanes) is 28. The Morgan fingerprint density at radius 1 is 0.266 bits per heavy atom. The Morgan fingerprint density at radius 3 is 0.848 bits per heavy atom. The molecule has 0 rings (SSSR count). The molecule has 0 saturated carbocycles. The molecular formula is C73H122O6. The Bertz CT molecular complexity index is 1640. The number of rotatable bonds is 59. The number of carbonyl (C=O) groups is 3. The van der Waals surface area contributed by atoms with Crippen LogP contribution in [0.2, 0.25) is 0 Å². The summed E-state index contributed by atoms with van der Waals surface area (Å²) in [6, 6.07) is 0. The molecule has 0 spiro atoms. The van der Waals surface area contributed by atoms with Gasteiger partial charge >= 0.3 is 17.9 Å². The summed E-state index contributed by atoms with van der Waals surface area (Å²) in [5, 5.41) is 0. The zero-order valence-electron chi connectivity index (χ0n) is 51.6. The van der Waals surface area contributed by atoms with Crippen molar-refractivity contribution in [3.8, 4) is 0 Å². The van der Waals surface area contributed by atoms with E-state index in [-0.39, 0.29) is 31.1 Å². The smallest absolute Gasteiger partial charge is 0.306 e. The van der Waals surface area contributed by atoms with E-state index in [1.165, 1.54) is 141 Å². The zero-order chi connectivity index (χ0) is 57.1. The predicted octanol–water partition coefficient (Wildman–Crippen LogP) is 22.8. The summed E-state index contributed by atoms with van der Waals surface area (Å²) >= 11 is 0. The van der Waals surface area contributed by atoms with Crippen LogP contribution in [0.4, 0.5) is 0 Å². The molecule has 0 bridgehead atoms. The molecule has 0 aliphatic carbocycles. The highest BCUT2D eigenvalue weighted by atomic mass is 16.6. The fraction of sp³-hybridized carbons (Fsp3) is 0.685. The summed E-state index contributed by atoms with van der Waals surface area (Å²) in [6.07, 6.45) is 92.2. The van der Waals surface area contributed by atoms with Gasteiger partial charge in [-0.2, -0.15) is 0 Å². The Morgan fingerprint density at radius 2 is 0.506 bits per heavy atom. The quantitative estimate of drug-likeness (QED) is 0.0261. The van der Waals surface area contributed by atoms with Crippen LogP contribution in [0.1, 0.15) is 303 Å². The number of ether oxygens (including phenoxy) is 3. The van der Waals surface area contributed by atoms with E-state index in [0.717, 1.165) is 116 Å². The van der Waals surface area contributed by atoms with Crippen molar-refractivity contribution in [2.75, 3.05) is 13.2 Å². The van der Waals surface area contributed by atoms with Crippen molar-refractivity contribution in [1.29, 1.82) is 0 Å². The van der Waals surface area contributed by atoms with E-state index in [1.54, 1.807) is 0 Å². The number of hydrogen-bond donors (Lipinski definition) is 0. The summed E-state index contributed by atoms with van der Waals surface area (Å²) in [5.41, 5.74) is 0. The van der Waals surface area contributed by atoms with Gasteiger partial charge < -0.3 is 14.2 Å². The largest absolute Gasteiger partial charge is 0.462 e. The first-order chi connectivity index (χ1) is 39.0. The summed E-state index contributed by atoms with van der Waals surface area (Å²) in [5.74, 6) is -0.948. The van der Waals surface area contributed by atoms with Gasteiger partial charge in [-0.15, -0.1) is 0 Å². The highest BCUT2D eigenvalue weighted by Gasteiger charge is 2.19. The van der Waals surface area contributed by atoms with Crippen LogP contribution in [0.5, 0.6) is 0 Å². The molecule has 0 aliphatic heterocycles. The number of allylic oxidation sites excluding steroid dienone is 20. The molecule has 450 valence electrons. The van der Waals surface area contributed by atoms with Crippen LogP contribution in [0.25, 0.3) is 0 Å². The molecule has 0 amide bonds. The van der Waals surface area contributed by atoms with E-state index >= 15 is 0 Å². The van der Waals surface area contributed by atoms with Gasteiger partial charge in [-0.05, 0) is 128 Å². The maximum atomic E-state index is 12.9. The molecule has 0 fully saturated rings. The highest BCUT2D eigenvalue weighted by molar-refractivity contribution is 5.71. The second-order valence-electron chi connectivity index (χ2n) is 21.6. The fourth-order valence-electron chi connectivity index (χ4n) is 8.96.